The van der Waals surface area contributed by atoms with Gasteiger partial charge >= 0.3 is 11.9 Å². The molecule has 0 amide bonds. The van der Waals surface area contributed by atoms with Gasteiger partial charge in [0.05, 0.1) is 14.6 Å². The number of rotatable bonds is 6. The fourth-order valence-electron chi connectivity index (χ4n) is 5.57. The Hall–Kier alpha value is -3.39. The number of ketones is 1. The van der Waals surface area contributed by atoms with E-state index in [1.165, 1.54) is 18.1 Å². The van der Waals surface area contributed by atoms with Crippen molar-refractivity contribution in [3.05, 3.63) is 75.5 Å². The summed E-state index contributed by atoms with van der Waals surface area (Å²) in [6.07, 6.45) is 3.59. The third-order valence-electron chi connectivity index (χ3n) is 7.82. The van der Waals surface area contributed by atoms with Crippen LogP contribution in [0.5, 0.6) is 0 Å². The van der Waals surface area contributed by atoms with E-state index in [1.807, 2.05) is 4.90 Å². The Morgan fingerprint density at radius 2 is 2.11 bits per heavy atom. The summed E-state index contributed by atoms with van der Waals surface area (Å²) in [6.45, 7) is 12.2. The van der Waals surface area contributed by atoms with Gasteiger partial charge in [0.2, 0.25) is 11.4 Å². The van der Waals surface area contributed by atoms with Gasteiger partial charge in [-0.05, 0) is 35.6 Å². The predicted molar refractivity (Wildman–Crippen MR) is 139 cm³/mol. The zero-order valence-electron chi connectivity index (χ0n) is 21.3. The Morgan fingerprint density at radius 1 is 1.33 bits per heavy atom. The average Bonchev–Trinajstić information content (AvgIpc) is 3.20. The minimum atomic E-state index is -1.56. The minimum absolute atomic E-state index is 0.108. The quantitative estimate of drug-likeness (QED) is 0.461. The van der Waals surface area contributed by atoms with Crippen LogP contribution in [0.15, 0.2) is 58.8 Å². The highest BCUT2D eigenvalue weighted by Gasteiger charge is 2.54. The van der Waals surface area contributed by atoms with E-state index in [4.69, 9.17) is 9.47 Å². The lowest BCUT2D eigenvalue weighted by molar-refractivity contribution is -0.179. The van der Waals surface area contributed by atoms with Crippen molar-refractivity contribution >= 4 is 31.9 Å². The second kappa shape index (κ2) is 8.62. The summed E-state index contributed by atoms with van der Waals surface area (Å²) in [7, 11) is -1.45. The number of nitrogens with one attached hydrogen (secondary N) is 1. The molecule has 5 rings (SSSR count). The van der Waals surface area contributed by atoms with Crippen molar-refractivity contribution in [3.63, 3.8) is 0 Å². The SMILES string of the molecule is C=C[Si](C)(C)CCc1cccc2c1CN1C(=C2)NC2=C1C(=O)C1=C(C2)[C@](CC)(OC(C)=O)C(=O)OC1. The summed E-state index contributed by atoms with van der Waals surface area (Å²) in [5.41, 5.74) is 6.52. The Bertz CT molecular complexity index is 1300. The highest BCUT2D eigenvalue weighted by molar-refractivity contribution is 6.82. The number of Topliss-reactive ketones (excluding diaryl/α,β-unsaturated/α-hetero) is 1. The van der Waals surface area contributed by atoms with E-state index >= 15 is 0 Å². The maximum Gasteiger partial charge on any atom is 0.355 e. The molecule has 0 spiro atoms. The predicted octanol–water partition coefficient (Wildman–Crippen LogP) is 4.13. The number of aryl methyl sites for hydroxylation is 1. The molecule has 188 valence electrons. The first-order chi connectivity index (χ1) is 17.1. The summed E-state index contributed by atoms with van der Waals surface area (Å²) in [5.74, 6) is -0.532. The van der Waals surface area contributed by atoms with Crippen molar-refractivity contribution in [1.82, 2.24) is 10.2 Å². The fourth-order valence-corrected chi connectivity index (χ4v) is 6.69. The standard InChI is InChI=1S/C28H32N2O5Si/c1-6-28(35-17(3)31)22-14-23-25(26(32)21(22)16-34-27(28)33)30-15-20-18(11-12-36(4,5)7-2)9-8-10-19(20)13-24(30)29-23/h7-10,13,29H,2,6,11-12,14-16H2,1,3-5H3/t28-/m0/s1. The van der Waals surface area contributed by atoms with E-state index in [0.29, 0.717) is 29.8 Å². The largest absolute Gasteiger partial charge is 0.457 e. The molecule has 1 aromatic rings. The number of allylic oxidation sites excluding steroid dienone is 2. The topological polar surface area (TPSA) is 84.9 Å². The van der Waals surface area contributed by atoms with Gasteiger partial charge in [0.15, 0.2) is 0 Å². The van der Waals surface area contributed by atoms with Crippen LogP contribution in [0.1, 0.15) is 43.4 Å². The molecule has 1 atom stereocenters. The van der Waals surface area contributed by atoms with Crippen LogP contribution in [0.4, 0.5) is 0 Å². The number of hydrogen-bond donors (Lipinski definition) is 1. The Morgan fingerprint density at radius 3 is 2.81 bits per heavy atom. The molecule has 0 saturated carbocycles. The number of carbonyl (C=O) groups is 3. The van der Waals surface area contributed by atoms with Crippen LogP contribution in [0, 0.1) is 0 Å². The second-order valence-corrected chi connectivity index (χ2v) is 15.4. The number of hydrogen-bond acceptors (Lipinski definition) is 7. The average molecular weight is 505 g/mol. The summed E-state index contributed by atoms with van der Waals surface area (Å²) < 4.78 is 10.9. The van der Waals surface area contributed by atoms with E-state index < -0.39 is 25.6 Å². The van der Waals surface area contributed by atoms with Crippen molar-refractivity contribution in [2.24, 2.45) is 0 Å². The summed E-state index contributed by atoms with van der Waals surface area (Å²) >= 11 is 0. The van der Waals surface area contributed by atoms with Crippen molar-refractivity contribution in [2.75, 3.05) is 6.61 Å². The number of esters is 2. The van der Waals surface area contributed by atoms with Crippen LogP contribution in [0.25, 0.3) is 6.08 Å². The smallest absolute Gasteiger partial charge is 0.355 e. The molecule has 0 fully saturated rings. The molecule has 0 saturated heterocycles. The molecular weight excluding hydrogens is 472 g/mol. The van der Waals surface area contributed by atoms with Crippen molar-refractivity contribution in [1.29, 1.82) is 0 Å². The molecule has 0 bridgehead atoms. The maximum absolute atomic E-state index is 13.8. The van der Waals surface area contributed by atoms with E-state index in [9.17, 15) is 14.4 Å². The van der Waals surface area contributed by atoms with Crippen LogP contribution < -0.4 is 5.32 Å². The first-order valence-corrected chi connectivity index (χ1v) is 15.8. The molecule has 1 N–H and O–H groups in total. The lowest BCUT2D eigenvalue weighted by Gasteiger charge is -2.39. The molecule has 3 heterocycles. The van der Waals surface area contributed by atoms with E-state index in [0.717, 1.165) is 29.5 Å². The van der Waals surface area contributed by atoms with E-state index in [1.54, 1.807) is 6.92 Å². The first kappa shape index (κ1) is 24.3. The number of cyclic esters (lactones) is 1. The van der Waals surface area contributed by atoms with Gasteiger partial charge in [-0.25, -0.2) is 4.79 Å². The third kappa shape index (κ3) is 3.75. The summed E-state index contributed by atoms with van der Waals surface area (Å²) in [6, 6.07) is 7.50. The summed E-state index contributed by atoms with van der Waals surface area (Å²) in [4.78, 5) is 40.6. The molecule has 7 nitrogen and oxygen atoms in total. The number of benzene rings is 1. The molecule has 4 aliphatic rings. The zero-order valence-corrected chi connectivity index (χ0v) is 22.3. The van der Waals surface area contributed by atoms with Gasteiger partial charge in [-0.15, -0.1) is 12.3 Å². The van der Waals surface area contributed by atoms with Gasteiger partial charge in [0, 0.05) is 30.2 Å². The Kier molecular flexibility index (Phi) is 5.82. The lowest BCUT2D eigenvalue weighted by atomic mass is 9.78. The first-order valence-electron chi connectivity index (χ1n) is 12.5. The number of nitrogens with zero attached hydrogens (tertiary/aromatic N) is 1. The van der Waals surface area contributed by atoms with Crippen LogP contribution in [-0.4, -0.2) is 42.9 Å². The normalized spacial score (nSPS) is 22.7. The molecule has 1 aromatic carbocycles. The van der Waals surface area contributed by atoms with Gasteiger partial charge < -0.3 is 19.7 Å². The van der Waals surface area contributed by atoms with Crippen LogP contribution >= 0.6 is 0 Å². The monoisotopic (exact) mass is 504 g/mol. The third-order valence-corrected chi connectivity index (χ3v) is 10.5. The van der Waals surface area contributed by atoms with Crippen LogP contribution in [0.2, 0.25) is 19.1 Å². The molecule has 36 heavy (non-hydrogen) atoms. The van der Waals surface area contributed by atoms with Crippen LogP contribution in [0.3, 0.4) is 0 Å². The Labute approximate surface area is 212 Å². The van der Waals surface area contributed by atoms with Gasteiger partial charge in [0.1, 0.15) is 18.1 Å². The molecular formula is C28H32N2O5Si. The van der Waals surface area contributed by atoms with Gasteiger partial charge in [0.25, 0.3) is 0 Å². The van der Waals surface area contributed by atoms with Gasteiger partial charge in [-0.1, -0.05) is 44.3 Å². The highest BCUT2D eigenvalue weighted by atomic mass is 28.3. The highest BCUT2D eigenvalue weighted by Crippen LogP contribution is 2.46. The second-order valence-electron chi connectivity index (χ2n) is 10.6. The zero-order chi connectivity index (χ0) is 25.8. The minimum Gasteiger partial charge on any atom is -0.457 e. The van der Waals surface area contributed by atoms with E-state index in [-0.39, 0.29) is 18.8 Å². The molecule has 0 aromatic heterocycles. The molecule has 3 aliphatic heterocycles. The number of ether oxygens (including phenoxy) is 2. The summed E-state index contributed by atoms with van der Waals surface area (Å²) in [5, 5.41) is 3.43. The van der Waals surface area contributed by atoms with Gasteiger partial charge in [-0.2, -0.15) is 0 Å². The van der Waals surface area contributed by atoms with Crippen molar-refractivity contribution in [3.8, 4) is 0 Å². The van der Waals surface area contributed by atoms with Crippen molar-refractivity contribution in [2.45, 2.75) is 64.4 Å². The fraction of sp³-hybridized carbons (Fsp3) is 0.393. The van der Waals surface area contributed by atoms with Crippen molar-refractivity contribution < 1.29 is 23.9 Å². The van der Waals surface area contributed by atoms with Gasteiger partial charge in [-0.3, -0.25) is 9.59 Å². The molecule has 0 unspecified atom stereocenters. The molecule has 8 heteroatoms. The lowest BCUT2D eigenvalue weighted by Crippen LogP contribution is -2.51. The Balaban J connectivity index is 1.49. The molecule has 0 radical (unpaired) electrons. The maximum atomic E-state index is 13.8. The number of fused-ring (bicyclic) bond motifs is 3. The van der Waals surface area contributed by atoms with E-state index in [2.05, 4.69) is 55.0 Å². The number of carbonyl (C=O) groups excluding carboxylic acids is 3. The van der Waals surface area contributed by atoms with Crippen LogP contribution in [-0.2, 0) is 36.8 Å². The molecule has 1 aliphatic carbocycles.